The molecule has 1 heterocycles. The van der Waals surface area contributed by atoms with E-state index in [-0.39, 0.29) is 5.41 Å². The highest BCUT2D eigenvalue weighted by atomic mass is 32.1. The van der Waals surface area contributed by atoms with Gasteiger partial charge in [0, 0.05) is 38.5 Å². The Kier molecular flexibility index (Phi) is 5.04. The van der Waals surface area contributed by atoms with Crippen molar-refractivity contribution in [1.29, 1.82) is 0 Å². The second kappa shape index (κ2) is 7.21. The Balaban J connectivity index is 1.52. The molecule has 2 N–H and O–H groups in total. The van der Waals surface area contributed by atoms with E-state index in [9.17, 15) is 0 Å². The van der Waals surface area contributed by atoms with Crippen molar-refractivity contribution in [3.63, 3.8) is 0 Å². The maximum absolute atomic E-state index is 4.58. The highest BCUT2D eigenvalue weighted by Crippen LogP contribution is 2.47. The van der Waals surface area contributed by atoms with Gasteiger partial charge < -0.3 is 15.5 Å². The zero-order valence-electron chi connectivity index (χ0n) is 14.5. The molecule has 1 saturated carbocycles. The molecule has 0 radical (unpaired) electrons. The summed E-state index contributed by atoms with van der Waals surface area (Å²) in [6, 6.07) is 10.8. The van der Waals surface area contributed by atoms with E-state index in [1.807, 2.05) is 26.0 Å². The third kappa shape index (κ3) is 3.87. The average Bonchev–Trinajstić information content (AvgIpc) is 3.24. The molecule has 6 heteroatoms. The van der Waals surface area contributed by atoms with Crippen LogP contribution in [0.25, 0.3) is 0 Å². The molecule has 0 aliphatic heterocycles. The molecule has 0 spiro atoms. The van der Waals surface area contributed by atoms with Crippen LogP contribution in [0.3, 0.4) is 0 Å². The van der Waals surface area contributed by atoms with Crippen LogP contribution < -0.4 is 15.5 Å². The first-order valence-electron chi connectivity index (χ1n) is 8.25. The van der Waals surface area contributed by atoms with Gasteiger partial charge in [0.25, 0.3) is 0 Å². The number of hydrogen-bond donors (Lipinski definition) is 2. The van der Waals surface area contributed by atoms with Gasteiger partial charge in [-0.3, -0.25) is 4.99 Å². The molecule has 24 heavy (non-hydrogen) atoms. The number of aliphatic imine (C=N–C) groups is 1. The maximum atomic E-state index is 4.58. The van der Waals surface area contributed by atoms with E-state index in [2.05, 4.69) is 56.3 Å². The summed E-state index contributed by atoms with van der Waals surface area (Å²) in [6.45, 7) is 1.60. The molecule has 2 aromatic rings. The van der Waals surface area contributed by atoms with E-state index in [0.29, 0.717) is 6.54 Å². The molecule has 0 bridgehead atoms. The zero-order valence-corrected chi connectivity index (χ0v) is 15.4. The van der Waals surface area contributed by atoms with Crippen LogP contribution >= 0.6 is 11.3 Å². The van der Waals surface area contributed by atoms with Crippen LogP contribution in [0.4, 0.5) is 5.13 Å². The van der Waals surface area contributed by atoms with Crippen LogP contribution in [0.15, 0.2) is 40.7 Å². The third-order valence-corrected chi connectivity index (χ3v) is 5.47. The van der Waals surface area contributed by atoms with E-state index in [1.54, 1.807) is 11.3 Å². The van der Waals surface area contributed by atoms with Crippen LogP contribution in [-0.2, 0) is 12.0 Å². The van der Waals surface area contributed by atoms with Gasteiger partial charge in [-0.1, -0.05) is 30.3 Å². The summed E-state index contributed by atoms with van der Waals surface area (Å²) in [5, 5.41) is 9.94. The molecular weight excluding hydrogens is 318 g/mol. The Hall–Kier alpha value is -2.08. The van der Waals surface area contributed by atoms with Gasteiger partial charge in [0.05, 0.1) is 12.2 Å². The predicted octanol–water partition coefficient (Wildman–Crippen LogP) is 2.61. The summed E-state index contributed by atoms with van der Waals surface area (Å²) in [6.07, 6.45) is 2.47. The highest BCUT2D eigenvalue weighted by Gasteiger charge is 2.43. The number of anilines is 1. The topological polar surface area (TPSA) is 52.6 Å². The molecular formula is C18H25N5S. The predicted molar refractivity (Wildman–Crippen MR) is 102 cm³/mol. The van der Waals surface area contributed by atoms with E-state index >= 15 is 0 Å². The second-order valence-corrected chi connectivity index (χ2v) is 7.28. The summed E-state index contributed by atoms with van der Waals surface area (Å²) >= 11 is 1.66. The number of thiazole rings is 1. The van der Waals surface area contributed by atoms with Crippen molar-refractivity contribution in [2.75, 3.05) is 32.6 Å². The molecule has 5 nitrogen and oxygen atoms in total. The molecule has 128 valence electrons. The molecule has 0 unspecified atom stereocenters. The minimum atomic E-state index is 0.275. The zero-order chi connectivity index (χ0) is 17.0. The summed E-state index contributed by atoms with van der Waals surface area (Å²) in [5.74, 6) is 0.830. The summed E-state index contributed by atoms with van der Waals surface area (Å²) in [4.78, 5) is 10.9. The Morgan fingerprint density at radius 1 is 1.25 bits per heavy atom. The van der Waals surface area contributed by atoms with E-state index in [1.165, 1.54) is 18.4 Å². The number of guanidine groups is 1. The fraction of sp³-hybridized carbons (Fsp3) is 0.444. The van der Waals surface area contributed by atoms with Crippen LogP contribution in [0, 0.1) is 0 Å². The standard InChI is InChI=1S/C18H25N5S/c1-19-16(20-11-15-12-24-17(22-15)23(2)3)21-13-18(9-10-18)14-7-5-4-6-8-14/h4-8,12H,9-11,13H2,1-3H3,(H2,19,20,21). The number of hydrogen-bond acceptors (Lipinski definition) is 4. The highest BCUT2D eigenvalue weighted by molar-refractivity contribution is 7.13. The van der Waals surface area contributed by atoms with E-state index in [0.717, 1.165) is 23.3 Å². The molecule has 1 aliphatic rings. The second-order valence-electron chi connectivity index (χ2n) is 6.44. The lowest BCUT2D eigenvalue weighted by Gasteiger charge is -2.18. The van der Waals surface area contributed by atoms with Crippen LogP contribution in [0.5, 0.6) is 0 Å². The normalized spacial score (nSPS) is 15.9. The van der Waals surface area contributed by atoms with Crippen LogP contribution in [0.1, 0.15) is 24.1 Å². The smallest absolute Gasteiger partial charge is 0.191 e. The first-order chi connectivity index (χ1) is 11.6. The lowest BCUT2D eigenvalue weighted by molar-refractivity contribution is 0.645. The molecule has 0 amide bonds. The Morgan fingerprint density at radius 3 is 2.58 bits per heavy atom. The van der Waals surface area contributed by atoms with Crippen molar-refractivity contribution in [2.24, 2.45) is 4.99 Å². The van der Waals surface area contributed by atoms with Gasteiger partial charge in [-0.2, -0.15) is 0 Å². The Labute approximate surface area is 147 Å². The number of benzene rings is 1. The van der Waals surface area contributed by atoms with Crippen molar-refractivity contribution in [3.8, 4) is 0 Å². The first kappa shape index (κ1) is 16.8. The third-order valence-electron chi connectivity index (χ3n) is 4.42. The summed E-state index contributed by atoms with van der Waals surface area (Å²) in [5.41, 5.74) is 2.73. The van der Waals surface area contributed by atoms with Crippen molar-refractivity contribution in [3.05, 3.63) is 47.0 Å². The van der Waals surface area contributed by atoms with Gasteiger partial charge in [-0.25, -0.2) is 4.98 Å². The fourth-order valence-corrected chi connectivity index (χ4v) is 3.50. The molecule has 3 rings (SSSR count). The molecule has 1 aromatic carbocycles. The van der Waals surface area contributed by atoms with Gasteiger partial charge in [-0.05, 0) is 18.4 Å². The van der Waals surface area contributed by atoms with Crippen molar-refractivity contribution in [1.82, 2.24) is 15.6 Å². The Morgan fingerprint density at radius 2 is 2.00 bits per heavy atom. The van der Waals surface area contributed by atoms with Crippen LogP contribution in [0.2, 0.25) is 0 Å². The Bertz CT molecular complexity index is 688. The average molecular weight is 344 g/mol. The number of nitrogens with zero attached hydrogens (tertiary/aromatic N) is 3. The molecule has 0 atom stereocenters. The minimum Gasteiger partial charge on any atom is -0.356 e. The van der Waals surface area contributed by atoms with Crippen molar-refractivity contribution >= 4 is 22.4 Å². The quantitative estimate of drug-likeness (QED) is 0.625. The molecule has 1 fully saturated rings. The monoisotopic (exact) mass is 343 g/mol. The van der Waals surface area contributed by atoms with Gasteiger partial charge in [0.2, 0.25) is 0 Å². The maximum Gasteiger partial charge on any atom is 0.191 e. The van der Waals surface area contributed by atoms with Crippen molar-refractivity contribution < 1.29 is 0 Å². The van der Waals surface area contributed by atoms with Gasteiger partial charge in [0.1, 0.15) is 0 Å². The molecule has 1 aliphatic carbocycles. The molecule has 0 saturated heterocycles. The van der Waals surface area contributed by atoms with Crippen LogP contribution in [-0.4, -0.2) is 38.6 Å². The number of rotatable bonds is 6. The first-order valence-corrected chi connectivity index (χ1v) is 9.13. The summed E-state index contributed by atoms with van der Waals surface area (Å²) in [7, 11) is 5.83. The number of aromatic nitrogens is 1. The number of nitrogens with one attached hydrogen (secondary N) is 2. The SMILES string of the molecule is CN=C(NCc1csc(N(C)C)n1)NCC1(c2ccccc2)CC1. The van der Waals surface area contributed by atoms with E-state index < -0.39 is 0 Å². The molecule has 1 aromatic heterocycles. The van der Waals surface area contributed by atoms with Crippen molar-refractivity contribution in [2.45, 2.75) is 24.8 Å². The minimum absolute atomic E-state index is 0.275. The van der Waals surface area contributed by atoms with E-state index in [4.69, 9.17) is 0 Å². The largest absolute Gasteiger partial charge is 0.356 e. The summed E-state index contributed by atoms with van der Waals surface area (Å²) < 4.78 is 0. The lowest BCUT2D eigenvalue weighted by Crippen LogP contribution is -2.40. The van der Waals surface area contributed by atoms with Gasteiger partial charge in [-0.15, -0.1) is 11.3 Å². The fourth-order valence-electron chi connectivity index (χ4n) is 2.74. The van der Waals surface area contributed by atoms with Gasteiger partial charge in [0.15, 0.2) is 11.1 Å². The van der Waals surface area contributed by atoms with Gasteiger partial charge >= 0.3 is 0 Å². The lowest BCUT2D eigenvalue weighted by atomic mass is 9.96.